The van der Waals surface area contributed by atoms with E-state index in [1.165, 1.54) is 16.7 Å². The van der Waals surface area contributed by atoms with E-state index < -0.39 is 0 Å². The molecule has 1 unspecified atom stereocenters. The van der Waals surface area contributed by atoms with E-state index in [1.807, 2.05) is 24.1 Å². The maximum absolute atomic E-state index is 5.72. The molecule has 1 aromatic heterocycles. The van der Waals surface area contributed by atoms with Gasteiger partial charge in [-0.25, -0.2) is 0 Å². The van der Waals surface area contributed by atoms with Crippen LogP contribution >= 0.6 is 0 Å². The number of aromatic nitrogens is 2. The van der Waals surface area contributed by atoms with Crippen LogP contribution in [-0.2, 0) is 24.9 Å². The van der Waals surface area contributed by atoms with Crippen LogP contribution in [0, 0.1) is 0 Å². The van der Waals surface area contributed by atoms with Crippen molar-refractivity contribution in [1.82, 2.24) is 15.1 Å². The molecule has 1 N–H and O–H groups in total. The zero-order valence-corrected chi connectivity index (χ0v) is 13.3. The average Bonchev–Trinajstić information content (AvgIpc) is 2.90. The quantitative estimate of drug-likeness (QED) is 0.850. The second kappa shape index (κ2) is 7.38. The van der Waals surface area contributed by atoms with Gasteiger partial charge in [0.15, 0.2) is 0 Å². The molecule has 0 aliphatic carbocycles. The Bertz CT molecular complexity index is 563. The highest BCUT2D eigenvalue weighted by Crippen LogP contribution is 2.15. The Morgan fingerprint density at radius 3 is 2.52 bits per heavy atom. The average molecular weight is 287 g/mol. The number of benzene rings is 1. The van der Waals surface area contributed by atoms with Gasteiger partial charge in [-0.2, -0.15) is 5.10 Å². The summed E-state index contributed by atoms with van der Waals surface area (Å²) in [6.07, 6.45) is 4.21. The molecule has 2 aromatic rings. The zero-order valence-electron chi connectivity index (χ0n) is 13.3. The summed E-state index contributed by atoms with van der Waals surface area (Å²) in [7, 11) is 1.94. The third-order valence-corrected chi connectivity index (χ3v) is 3.51. The first-order valence-corrected chi connectivity index (χ1v) is 7.46. The third kappa shape index (κ3) is 4.69. The van der Waals surface area contributed by atoms with E-state index in [4.69, 9.17) is 4.74 Å². The van der Waals surface area contributed by atoms with Gasteiger partial charge in [-0.15, -0.1) is 0 Å². The smallest absolute Gasteiger partial charge is 0.0723 e. The van der Waals surface area contributed by atoms with Crippen molar-refractivity contribution in [2.75, 3.05) is 0 Å². The molecule has 0 aliphatic rings. The summed E-state index contributed by atoms with van der Waals surface area (Å²) < 4.78 is 7.55. The summed E-state index contributed by atoms with van der Waals surface area (Å²) in [5.41, 5.74) is 3.74. The molecule has 0 spiro atoms. The second-order valence-electron chi connectivity index (χ2n) is 5.68. The number of aryl methyl sites for hydroxylation is 1. The van der Waals surface area contributed by atoms with Crippen LogP contribution in [0.15, 0.2) is 36.7 Å². The van der Waals surface area contributed by atoms with Crippen molar-refractivity contribution in [1.29, 1.82) is 0 Å². The molecule has 1 heterocycles. The predicted octanol–water partition coefficient (Wildman–Crippen LogP) is 3.20. The fourth-order valence-corrected chi connectivity index (χ4v) is 2.17. The predicted molar refractivity (Wildman–Crippen MR) is 84.8 cm³/mol. The highest BCUT2D eigenvalue weighted by Gasteiger charge is 2.09. The molecule has 1 atom stereocenters. The second-order valence-corrected chi connectivity index (χ2v) is 5.68. The maximum Gasteiger partial charge on any atom is 0.0723 e. The fourth-order valence-electron chi connectivity index (χ4n) is 2.17. The van der Waals surface area contributed by atoms with Crippen LogP contribution in [0.2, 0.25) is 0 Å². The summed E-state index contributed by atoms with van der Waals surface area (Å²) in [6, 6.07) is 8.70. The van der Waals surface area contributed by atoms with Gasteiger partial charge in [-0.3, -0.25) is 4.68 Å². The van der Waals surface area contributed by atoms with Crippen LogP contribution in [0.3, 0.4) is 0 Å². The van der Waals surface area contributed by atoms with Gasteiger partial charge in [0.25, 0.3) is 0 Å². The molecule has 0 aliphatic heterocycles. The van der Waals surface area contributed by atoms with Crippen molar-refractivity contribution in [2.45, 2.75) is 46.1 Å². The molecule has 0 fully saturated rings. The van der Waals surface area contributed by atoms with E-state index in [0.29, 0.717) is 6.61 Å². The van der Waals surface area contributed by atoms with Crippen LogP contribution in [0.25, 0.3) is 0 Å². The van der Waals surface area contributed by atoms with Gasteiger partial charge in [0, 0.05) is 31.4 Å². The highest BCUT2D eigenvalue weighted by molar-refractivity contribution is 5.26. The minimum absolute atomic E-state index is 0.250. The lowest BCUT2D eigenvalue weighted by Gasteiger charge is -2.15. The van der Waals surface area contributed by atoms with E-state index in [1.54, 1.807) is 0 Å². The van der Waals surface area contributed by atoms with Crippen LogP contribution in [-0.4, -0.2) is 15.9 Å². The maximum atomic E-state index is 5.72. The fraction of sp³-hybridized carbons (Fsp3) is 0.471. The van der Waals surface area contributed by atoms with Crippen molar-refractivity contribution < 1.29 is 4.74 Å². The van der Waals surface area contributed by atoms with Crippen molar-refractivity contribution >= 4 is 0 Å². The van der Waals surface area contributed by atoms with Crippen LogP contribution < -0.4 is 5.32 Å². The Kier molecular flexibility index (Phi) is 5.53. The molecule has 0 saturated carbocycles. The number of nitrogens with one attached hydrogen (secondary N) is 1. The topological polar surface area (TPSA) is 39.1 Å². The summed E-state index contributed by atoms with van der Waals surface area (Å²) in [5, 5.41) is 7.76. The van der Waals surface area contributed by atoms with Gasteiger partial charge in [0.05, 0.1) is 18.9 Å². The van der Waals surface area contributed by atoms with Gasteiger partial charge >= 0.3 is 0 Å². The summed E-state index contributed by atoms with van der Waals surface area (Å²) >= 11 is 0. The first kappa shape index (κ1) is 15.7. The van der Waals surface area contributed by atoms with Crippen molar-refractivity contribution in [2.24, 2.45) is 7.05 Å². The van der Waals surface area contributed by atoms with Crippen LogP contribution in [0.5, 0.6) is 0 Å². The molecule has 4 heteroatoms. The molecular weight excluding hydrogens is 262 g/mol. The van der Waals surface area contributed by atoms with Crippen molar-refractivity contribution in [3.63, 3.8) is 0 Å². The van der Waals surface area contributed by atoms with Crippen molar-refractivity contribution in [3.05, 3.63) is 53.3 Å². The van der Waals surface area contributed by atoms with E-state index in [0.717, 1.165) is 6.54 Å². The molecule has 0 bridgehead atoms. The van der Waals surface area contributed by atoms with E-state index >= 15 is 0 Å². The first-order chi connectivity index (χ1) is 10.1. The summed E-state index contributed by atoms with van der Waals surface area (Å²) in [6.45, 7) is 7.77. The van der Waals surface area contributed by atoms with Gasteiger partial charge in [0.1, 0.15) is 0 Å². The normalized spacial score (nSPS) is 12.8. The summed E-state index contributed by atoms with van der Waals surface area (Å²) in [4.78, 5) is 0. The van der Waals surface area contributed by atoms with Crippen molar-refractivity contribution in [3.8, 4) is 0 Å². The number of rotatable bonds is 7. The lowest BCUT2D eigenvalue weighted by Crippen LogP contribution is -2.19. The largest absolute Gasteiger partial charge is 0.374 e. The zero-order chi connectivity index (χ0) is 15.2. The Hall–Kier alpha value is -1.65. The molecule has 4 nitrogen and oxygen atoms in total. The van der Waals surface area contributed by atoms with Gasteiger partial charge < -0.3 is 10.1 Å². The highest BCUT2D eigenvalue weighted by atomic mass is 16.5. The van der Waals surface area contributed by atoms with Gasteiger partial charge in [0.2, 0.25) is 0 Å². The third-order valence-electron chi connectivity index (χ3n) is 3.51. The monoisotopic (exact) mass is 287 g/mol. The van der Waals surface area contributed by atoms with E-state index in [9.17, 15) is 0 Å². The Morgan fingerprint density at radius 1 is 1.19 bits per heavy atom. The van der Waals surface area contributed by atoms with E-state index in [2.05, 4.69) is 55.5 Å². The molecular formula is C17H25N3O. The Balaban J connectivity index is 1.96. The molecule has 0 saturated heterocycles. The number of nitrogens with zero attached hydrogens (tertiary/aromatic N) is 2. The van der Waals surface area contributed by atoms with Crippen LogP contribution in [0.4, 0.5) is 0 Å². The standard InChI is InChI=1S/C17H25N3O/c1-13(2)21-12-16-8-6-5-7-15(16)9-18-14(3)17-10-19-20(4)11-17/h5-8,10-11,13-14,18H,9,12H2,1-4H3. The number of hydrogen-bond donors (Lipinski definition) is 1. The molecule has 114 valence electrons. The molecule has 0 amide bonds. The molecule has 1 aromatic carbocycles. The molecule has 0 radical (unpaired) electrons. The lowest BCUT2D eigenvalue weighted by molar-refractivity contribution is 0.0652. The summed E-state index contributed by atoms with van der Waals surface area (Å²) in [5.74, 6) is 0. The number of ether oxygens (including phenoxy) is 1. The number of hydrogen-bond acceptors (Lipinski definition) is 3. The van der Waals surface area contributed by atoms with E-state index in [-0.39, 0.29) is 12.1 Å². The first-order valence-electron chi connectivity index (χ1n) is 7.46. The van der Waals surface area contributed by atoms with Crippen LogP contribution in [0.1, 0.15) is 43.5 Å². The lowest BCUT2D eigenvalue weighted by atomic mass is 10.1. The minimum atomic E-state index is 0.250. The Labute approximate surface area is 127 Å². The van der Waals surface area contributed by atoms with Gasteiger partial charge in [-0.05, 0) is 31.9 Å². The SMILES string of the molecule is CC(C)OCc1ccccc1CNC(C)c1cnn(C)c1. The Morgan fingerprint density at radius 2 is 1.90 bits per heavy atom. The minimum Gasteiger partial charge on any atom is -0.374 e. The molecule has 21 heavy (non-hydrogen) atoms. The van der Waals surface area contributed by atoms with Gasteiger partial charge in [-0.1, -0.05) is 24.3 Å². The molecule has 2 rings (SSSR count).